The molecule has 4 aliphatic rings. The van der Waals surface area contributed by atoms with Crippen molar-refractivity contribution in [1.29, 1.82) is 0 Å². The van der Waals surface area contributed by atoms with Crippen LogP contribution in [0, 0.1) is 17.3 Å². The number of amides is 1. The van der Waals surface area contributed by atoms with Gasteiger partial charge in [0.25, 0.3) is 0 Å². The van der Waals surface area contributed by atoms with E-state index in [0.29, 0.717) is 36.3 Å². The van der Waals surface area contributed by atoms with E-state index in [2.05, 4.69) is 30.4 Å². The van der Waals surface area contributed by atoms with Gasteiger partial charge in [-0.25, -0.2) is 4.79 Å². The second-order valence-corrected chi connectivity index (χ2v) is 17.5. The average molecular weight is 846 g/mol. The zero-order valence-electron chi connectivity index (χ0n) is 31.2. The summed E-state index contributed by atoms with van der Waals surface area (Å²) in [5, 5.41) is 0. The van der Waals surface area contributed by atoms with Gasteiger partial charge in [0.15, 0.2) is 0 Å². The van der Waals surface area contributed by atoms with Crippen molar-refractivity contribution in [3.8, 4) is 5.75 Å². The predicted molar refractivity (Wildman–Crippen MR) is 197 cm³/mol. The van der Waals surface area contributed by atoms with Gasteiger partial charge in [0, 0.05) is 24.2 Å². The van der Waals surface area contributed by atoms with E-state index in [-0.39, 0.29) is 36.7 Å². The zero-order chi connectivity index (χ0) is 40.9. The minimum Gasteiger partial charge on any atom is -0.492 e. The third kappa shape index (κ3) is 9.35. The third-order valence-electron chi connectivity index (χ3n) is 11.7. The number of carbonyl (C=O) groups excluding carboxylic acids is 1. The number of aryl methyl sites for hydroxylation is 1. The number of halogens is 9. The lowest BCUT2D eigenvalue weighted by molar-refractivity contribution is -0.457. The highest BCUT2D eigenvalue weighted by molar-refractivity contribution is 8.76. The molecular weight excluding hydrogens is 798 g/mol. The maximum atomic E-state index is 13.3. The Balaban J connectivity index is 1.16. The van der Waals surface area contributed by atoms with Crippen LogP contribution in [0.15, 0.2) is 54.8 Å². The van der Waals surface area contributed by atoms with Crippen LogP contribution in [0.25, 0.3) is 0 Å². The molecule has 0 radical (unpaired) electrons. The highest BCUT2D eigenvalue weighted by atomic mass is 33.1. The first-order valence-corrected chi connectivity index (χ1v) is 21.3. The van der Waals surface area contributed by atoms with E-state index in [1.165, 1.54) is 17.2 Å². The van der Waals surface area contributed by atoms with Gasteiger partial charge in [-0.2, -0.15) is 39.5 Å². The topological polar surface area (TPSA) is 57.2 Å². The van der Waals surface area contributed by atoms with Crippen molar-refractivity contribution < 1.29 is 63.3 Å². The summed E-state index contributed by atoms with van der Waals surface area (Å²) in [5.74, 6) is 3.67. The van der Waals surface area contributed by atoms with E-state index < -0.39 is 43.3 Å². The lowest BCUT2D eigenvalue weighted by Gasteiger charge is -2.50. The number of ether oxygens (including phenoxy) is 4. The maximum absolute atomic E-state index is 13.3. The molecule has 6 atom stereocenters. The standard InChI is InChI=1S/C39H48F9NO5S2/c1-4-6-8-27(5-2)54-34(50)49(26-16-22-55-56-24-26)18-21-51-28-10-12-29-25(23-28)9-11-31-30(29)15-17-35(3)32(31)13-14-33(35)52-19-7-20-53-36(37(40,41)42,38(43,44)45)39(46,47)48/h4-6,8,10,12,23,26,30-33H,2,7,9,11,13-22,24H2,1,3H3/b6-4-,27-8+/t26-,30+,31+,32-,33-,35-/m0/s1. The van der Waals surface area contributed by atoms with E-state index in [9.17, 15) is 44.3 Å². The van der Waals surface area contributed by atoms with Gasteiger partial charge in [-0.15, -0.1) is 0 Å². The van der Waals surface area contributed by atoms with E-state index >= 15 is 0 Å². The Kier molecular flexibility index (Phi) is 14.5. The van der Waals surface area contributed by atoms with Gasteiger partial charge in [0.2, 0.25) is 0 Å². The van der Waals surface area contributed by atoms with Crippen LogP contribution < -0.4 is 4.74 Å². The number of allylic oxidation sites excluding steroid dienone is 4. The minimum absolute atomic E-state index is 0.0114. The normalized spacial score (nSPS) is 27.3. The molecule has 3 fully saturated rings. The largest absolute Gasteiger partial charge is 0.492 e. The minimum atomic E-state index is -6.76. The monoisotopic (exact) mass is 845 g/mol. The van der Waals surface area contributed by atoms with Crippen molar-refractivity contribution in [3.05, 3.63) is 66.0 Å². The molecule has 0 N–H and O–H groups in total. The summed E-state index contributed by atoms with van der Waals surface area (Å²) >= 11 is 0. The summed E-state index contributed by atoms with van der Waals surface area (Å²) in [4.78, 5) is 15.0. The van der Waals surface area contributed by atoms with Crippen LogP contribution in [0.2, 0.25) is 0 Å². The molecule has 1 saturated heterocycles. The van der Waals surface area contributed by atoms with Gasteiger partial charge in [0.05, 0.1) is 19.3 Å². The summed E-state index contributed by atoms with van der Waals surface area (Å²) in [6.45, 7) is 6.55. The summed E-state index contributed by atoms with van der Waals surface area (Å²) < 4.78 is 140. The summed E-state index contributed by atoms with van der Waals surface area (Å²) in [7, 11) is 3.51. The lowest BCUT2D eigenvalue weighted by atomic mass is 9.55. The Hall–Kier alpha value is -2.50. The Labute approximate surface area is 329 Å². The molecule has 1 aliphatic heterocycles. The molecular formula is C39H48F9NO5S2. The molecule has 1 heterocycles. The van der Waals surface area contributed by atoms with Gasteiger partial charge >= 0.3 is 30.2 Å². The molecule has 2 saturated carbocycles. The number of alkyl halides is 9. The average Bonchev–Trinajstić information content (AvgIpc) is 3.47. The fraction of sp³-hybridized carbons (Fsp3) is 0.667. The van der Waals surface area contributed by atoms with Crippen LogP contribution in [0.5, 0.6) is 5.75 Å². The van der Waals surface area contributed by atoms with E-state index in [0.717, 1.165) is 50.0 Å². The van der Waals surface area contributed by atoms with Crippen LogP contribution in [0.1, 0.15) is 75.8 Å². The molecule has 0 bridgehead atoms. The first-order chi connectivity index (χ1) is 26.4. The van der Waals surface area contributed by atoms with E-state index in [1.54, 1.807) is 38.6 Å². The van der Waals surface area contributed by atoms with Crippen LogP contribution in [0.3, 0.4) is 0 Å². The predicted octanol–water partition coefficient (Wildman–Crippen LogP) is 11.4. The lowest BCUT2D eigenvalue weighted by Crippen LogP contribution is -2.67. The second-order valence-electron chi connectivity index (χ2n) is 14.9. The number of rotatable bonds is 14. The van der Waals surface area contributed by atoms with Crippen molar-refractivity contribution in [3.63, 3.8) is 0 Å². The fourth-order valence-electron chi connectivity index (χ4n) is 8.99. The Morgan fingerprint density at radius 2 is 1.70 bits per heavy atom. The molecule has 1 aromatic carbocycles. The molecule has 0 aromatic heterocycles. The Morgan fingerprint density at radius 3 is 2.34 bits per heavy atom. The molecule has 1 aromatic rings. The third-order valence-corrected chi connectivity index (χ3v) is 14.2. The van der Waals surface area contributed by atoms with Crippen molar-refractivity contribution >= 4 is 27.7 Å². The number of nitrogens with zero attached hydrogens (tertiary/aromatic N) is 1. The molecule has 6 nitrogen and oxygen atoms in total. The van der Waals surface area contributed by atoms with Gasteiger partial charge in [0.1, 0.15) is 18.1 Å². The van der Waals surface area contributed by atoms with Gasteiger partial charge < -0.3 is 23.8 Å². The van der Waals surface area contributed by atoms with E-state index in [1.807, 2.05) is 19.1 Å². The number of benzene rings is 1. The molecule has 0 unspecified atom stereocenters. The molecule has 5 rings (SSSR count). The SMILES string of the molecule is C=C/C(=C\C=C/C)OC(=O)N(CCOc1ccc2c(c1)CC[C@@H]1[C@@H]2CC[C@]2(C)[C@@H](OCCCOC(C(F)(F)F)(C(F)(F)F)C(F)(F)F)CC[C@@H]12)[C@H]1CCSSC1. The molecule has 0 spiro atoms. The Bertz CT molecular complexity index is 1540. The van der Waals surface area contributed by atoms with Crippen LogP contribution in [-0.2, 0) is 20.6 Å². The molecule has 17 heteroatoms. The number of fused-ring (bicyclic) bond motifs is 5. The van der Waals surface area contributed by atoms with Gasteiger partial charge in [-0.05, 0) is 117 Å². The zero-order valence-corrected chi connectivity index (χ0v) is 32.9. The maximum Gasteiger partial charge on any atom is 0.435 e. The summed E-state index contributed by atoms with van der Waals surface area (Å²) in [6, 6.07) is 6.14. The first kappa shape index (κ1) is 44.6. The summed E-state index contributed by atoms with van der Waals surface area (Å²) in [6.07, 6.45) is -9.18. The van der Waals surface area contributed by atoms with Gasteiger partial charge in [-0.1, -0.05) is 53.3 Å². The van der Waals surface area contributed by atoms with Gasteiger partial charge in [-0.3, -0.25) is 0 Å². The number of carbonyl (C=O) groups is 1. The van der Waals surface area contributed by atoms with Crippen molar-refractivity contribution in [2.24, 2.45) is 17.3 Å². The van der Waals surface area contributed by atoms with E-state index in [4.69, 9.17) is 14.2 Å². The van der Waals surface area contributed by atoms with Crippen LogP contribution in [-0.4, -0.2) is 85.1 Å². The van der Waals surface area contributed by atoms with Crippen molar-refractivity contribution in [1.82, 2.24) is 4.90 Å². The highest BCUT2D eigenvalue weighted by Crippen LogP contribution is 2.62. The molecule has 56 heavy (non-hydrogen) atoms. The van der Waals surface area contributed by atoms with Crippen molar-refractivity contribution in [2.45, 2.75) is 107 Å². The summed E-state index contributed by atoms with van der Waals surface area (Å²) in [5.41, 5.74) is -4.11. The van der Waals surface area contributed by atoms with Crippen molar-refractivity contribution in [2.75, 3.05) is 37.9 Å². The fourth-order valence-corrected chi connectivity index (χ4v) is 11.5. The smallest absolute Gasteiger partial charge is 0.435 e. The van der Waals surface area contributed by atoms with Crippen LogP contribution >= 0.6 is 21.6 Å². The Morgan fingerprint density at radius 1 is 0.964 bits per heavy atom. The molecule has 314 valence electrons. The molecule has 1 amide bonds. The quantitative estimate of drug-likeness (QED) is 0.0608. The first-order valence-electron chi connectivity index (χ1n) is 18.8. The highest BCUT2D eigenvalue weighted by Gasteiger charge is 2.85. The number of hydrogen-bond donors (Lipinski definition) is 0. The number of hydrogen-bond acceptors (Lipinski definition) is 7. The second kappa shape index (κ2) is 18.2. The molecule has 3 aliphatic carbocycles. The van der Waals surface area contributed by atoms with Crippen LogP contribution in [0.4, 0.5) is 44.3 Å².